The quantitative estimate of drug-likeness (QED) is 0.773. The maximum Gasteiger partial charge on any atom is 0.305 e. The highest BCUT2D eigenvalue weighted by atomic mass is 32.2. The van der Waals surface area contributed by atoms with E-state index in [4.69, 9.17) is 14.6 Å². The van der Waals surface area contributed by atoms with Crippen LogP contribution in [0, 0.1) is 0 Å². The molecule has 0 aliphatic carbocycles. The van der Waals surface area contributed by atoms with Gasteiger partial charge < -0.3 is 19.5 Å². The Morgan fingerprint density at radius 3 is 2.78 bits per heavy atom. The summed E-state index contributed by atoms with van der Waals surface area (Å²) in [6.07, 6.45) is 1.25. The molecule has 9 nitrogen and oxygen atoms in total. The van der Waals surface area contributed by atoms with Crippen LogP contribution in [0.5, 0.6) is 5.75 Å². The Balaban J connectivity index is 1.86. The van der Waals surface area contributed by atoms with E-state index in [2.05, 4.69) is 4.72 Å². The van der Waals surface area contributed by atoms with Crippen LogP contribution in [0.3, 0.4) is 0 Å². The Morgan fingerprint density at radius 2 is 2.11 bits per heavy atom. The molecule has 148 valence electrons. The second-order valence-electron chi connectivity index (χ2n) is 6.85. The molecule has 2 aliphatic rings. The number of aliphatic carboxylic acids is 1. The summed E-state index contributed by atoms with van der Waals surface area (Å²) in [6, 6.07) is 4.25. The SMILES string of the molecule is CN1C(=O)c2cc(NS(C)(=O)=O)ccc2OC[C@@H]2O[C@@H](CC(=O)O)CC[C@@H]21. The van der Waals surface area contributed by atoms with Gasteiger partial charge in [0.25, 0.3) is 5.91 Å². The molecule has 1 saturated heterocycles. The van der Waals surface area contributed by atoms with E-state index in [1.807, 2.05) is 0 Å². The number of benzene rings is 1. The normalized spacial score (nSPS) is 25.5. The van der Waals surface area contributed by atoms with Crippen molar-refractivity contribution in [2.24, 2.45) is 0 Å². The third-order valence-corrected chi connectivity index (χ3v) is 5.32. The fourth-order valence-corrected chi connectivity index (χ4v) is 4.05. The van der Waals surface area contributed by atoms with Gasteiger partial charge in [0.15, 0.2) is 0 Å². The van der Waals surface area contributed by atoms with Crippen LogP contribution in [-0.4, -0.2) is 68.5 Å². The number of likely N-dealkylation sites (N-methyl/N-ethyl adjacent to an activating group) is 1. The van der Waals surface area contributed by atoms with E-state index >= 15 is 0 Å². The van der Waals surface area contributed by atoms with E-state index in [-0.39, 0.29) is 36.2 Å². The smallest absolute Gasteiger partial charge is 0.305 e. The molecule has 0 radical (unpaired) electrons. The van der Waals surface area contributed by atoms with Crippen molar-refractivity contribution in [3.05, 3.63) is 23.8 Å². The number of carboxylic acid groups (broad SMARTS) is 1. The third kappa shape index (κ3) is 4.51. The molecule has 3 rings (SSSR count). The van der Waals surface area contributed by atoms with Crippen molar-refractivity contribution in [1.29, 1.82) is 0 Å². The number of rotatable bonds is 4. The number of amides is 1. The van der Waals surface area contributed by atoms with Gasteiger partial charge in [-0.25, -0.2) is 8.42 Å². The molecule has 0 spiro atoms. The van der Waals surface area contributed by atoms with Crippen LogP contribution in [0.25, 0.3) is 0 Å². The van der Waals surface area contributed by atoms with E-state index < -0.39 is 28.2 Å². The lowest BCUT2D eigenvalue weighted by Gasteiger charge is -2.42. The summed E-state index contributed by atoms with van der Waals surface area (Å²) in [7, 11) is -1.81. The summed E-state index contributed by atoms with van der Waals surface area (Å²) in [5.41, 5.74) is 0.539. The fraction of sp³-hybridized carbons (Fsp3) is 0.529. The number of hydrogen-bond acceptors (Lipinski definition) is 6. The minimum atomic E-state index is -3.47. The molecule has 1 amide bonds. The van der Waals surface area contributed by atoms with Gasteiger partial charge in [0.2, 0.25) is 10.0 Å². The molecule has 27 heavy (non-hydrogen) atoms. The van der Waals surface area contributed by atoms with E-state index in [0.29, 0.717) is 18.6 Å². The molecular formula is C17H22N2O7S. The first kappa shape index (κ1) is 19.4. The molecule has 1 fully saturated rings. The number of sulfonamides is 1. The number of nitrogens with zero attached hydrogens (tertiary/aromatic N) is 1. The molecule has 2 heterocycles. The first-order chi connectivity index (χ1) is 12.6. The lowest BCUT2D eigenvalue weighted by molar-refractivity contribution is -0.148. The number of carbonyl (C=O) groups excluding carboxylic acids is 1. The van der Waals surface area contributed by atoms with Crippen molar-refractivity contribution in [2.45, 2.75) is 37.5 Å². The molecule has 2 N–H and O–H groups in total. The largest absolute Gasteiger partial charge is 0.490 e. The highest BCUT2D eigenvalue weighted by Crippen LogP contribution is 2.32. The standard InChI is InChI=1S/C17H22N2O7S/c1-19-13-5-4-11(8-16(20)21)26-15(13)9-25-14-6-3-10(18-27(2,23)24)7-12(14)17(19)22/h3,6-7,11,13,15,18H,4-5,8-9H2,1-2H3,(H,20,21)/t11-,13+,15+/m1/s1. The average molecular weight is 398 g/mol. The highest BCUT2D eigenvalue weighted by Gasteiger charge is 2.39. The van der Waals surface area contributed by atoms with Gasteiger partial charge in [0.05, 0.1) is 30.4 Å². The van der Waals surface area contributed by atoms with E-state index in [9.17, 15) is 18.0 Å². The Hall–Kier alpha value is -2.33. The van der Waals surface area contributed by atoms with Gasteiger partial charge in [0.1, 0.15) is 18.5 Å². The summed E-state index contributed by atoms with van der Waals surface area (Å²) < 4.78 is 36.8. The average Bonchev–Trinajstić information content (AvgIpc) is 2.56. The number of fused-ring (bicyclic) bond motifs is 2. The zero-order valence-corrected chi connectivity index (χ0v) is 15.9. The number of nitrogens with one attached hydrogen (secondary N) is 1. The number of ether oxygens (including phenoxy) is 2. The first-order valence-electron chi connectivity index (χ1n) is 8.53. The molecule has 0 aromatic heterocycles. The number of anilines is 1. The molecule has 1 aromatic carbocycles. The van der Waals surface area contributed by atoms with Gasteiger partial charge in [-0.1, -0.05) is 0 Å². The van der Waals surface area contributed by atoms with Gasteiger partial charge in [-0.15, -0.1) is 0 Å². The molecule has 0 bridgehead atoms. The number of hydrogen-bond donors (Lipinski definition) is 2. The topological polar surface area (TPSA) is 122 Å². The molecule has 0 saturated carbocycles. The number of carboxylic acids is 1. The van der Waals surface area contributed by atoms with E-state index in [1.165, 1.54) is 18.2 Å². The van der Waals surface area contributed by atoms with Crippen LogP contribution in [0.15, 0.2) is 18.2 Å². The van der Waals surface area contributed by atoms with E-state index in [0.717, 1.165) is 6.26 Å². The highest BCUT2D eigenvalue weighted by molar-refractivity contribution is 7.92. The van der Waals surface area contributed by atoms with Gasteiger partial charge in [-0.3, -0.25) is 14.3 Å². The predicted molar refractivity (Wildman–Crippen MR) is 96.4 cm³/mol. The molecule has 1 aromatic rings. The van der Waals surface area contributed by atoms with Gasteiger partial charge in [-0.05, 0) is 31.0 Å². The first-order valence-corrected chi connectivity index (χ1v) is 10.4. The van der Waals surface area contributed by atoms with Crippen LogP contribution < -0.4 is 9.46 Å². The van der Waals surface area contributed by atoms with Crippen LogP contribution in [0.2, 0.25) is 0 Å². The zero-order chi connectivity index (χ0) is 19.8. The molecule has 2 aliphatic heterocycles. The molecular weight excluding hydrogens is 376 g/mol. The second-order valence-corrected chi connectivity index (χ2v) is 8.60. The minimum absolute atomic E-state index is 0.0853. The van der Waals surface area contributed by atoms with Gasteiger partial charge in [-0.2, -0.15) is 0 Å². The van der Waals surface area contributed by atoms with E-state index in [1.54, 1.807) is 11.9 Å². The molecule has 10 heteroatoms. The van der Waals surface area contributed by atoms with Crippen molar-refractivity contribution in [2.75, 3.05) is 24.6 Å². The maximum absolute atomic E-state index is 12.9. The lowest BCUT2D eigenvalue weighted by atomic mass is 9.95. The third-order valence-electron chi connectivity index (χ3n) is 4.72. The van der Waals surface area contributed by atoms with Crippen LogP contribution in [0.1, 0.15) is 29.6 Å². The van der Waals surface area contributed by atoms with Crippen LogP contribution in [-0.2, 0) is 19.6 Å². The fourth-order valence-electron chi connectivity index (χ4n) is 3.50. The second kappa shape index (κ2) is 7.35. The maximum atomic E-state index is 12.9. The molecule has 3 atom stereocenters. The summed E-state index contributed by atoms with van der Waals surface area (Å²) in [5.74, 6) is -0.906. The van der Waals surface area contributed by atoms with Crippen molar-refractivity contribution in [3.8, 4) is 5.75 Å². The lowest BCUT2D eigenvalue weighted by Crippen LogP contribution is -2.53. The van der Waals surface area contributed by atoms with Crippen LogP contribution >= 0.6 is 0 Å². The number of carbonyl (C=O) groups is 2. The Labute approximate surface area is 157 Å². The Kier molecular flexibility index (Phi) is 5.29. The summed E-state index contributed by atoms with van der Waals surface area (Å²) in [4.78, 5) is 25.4. The van der Waals surface area contributed by atoms with Crippen molar-refractivity contribution in [1.82, 2.24) is 4.90 Å². The Morgan fingerprint density at radius 1 is 1.37 bits per heavy atom. The summed E-state index contributed by atoms with van der Waals surface area (Å²) >= 11 is 0. The summed E-state index contributed by atoms with van der Waals surface area (Å²) in [5, 5.41) is 8.97. The Bertz CT molecular complexity index is 855. The van der Waals surface area contributed by atoms with Crippen LogP contribution in [0.4, 0.5) is 5.69 Å². The monoisotopic (exact) mass is 398 g/mol. The van der Waals surface area contributed by atoms with Gasteiger partial charge in [0, 0.05) is 12.7 Å². The van der Waals surface area contributed by atoms with Crippen molar-refractivity contribution in [3.63, 3.8) is 0 Å². The molecule has 0 unspecified atom stereocenters. The van der Waals surface area contributed by atoms with Gasteiger partial charge >= 0.3 is 5.97 Å². The van der Waals surface area contributed by atoms with Crippen molar-refractivity contribution < 1.29 is 32.6 Å². The minimum Gasteiger partial charge on any atom is -0.490 e. The zero-order valence-electron chi connectivity index (χ0n) is 15.0. The predicted octanol–water partition coefficient (Wildman–Crippen LogP) is 0.913. The summed E-state index contributed by atoms with van der Waals surface area (Å²) in [6.45, 7) is 0.171. The van der Waals surface area contributed by atoms with Crippen molar-refractivity contribution >= 4 is 27.6 Å².